The Labute approximate surface area is 168 Å². The Kier molecular flexibility index (Phi) is 5.47. The lowest BCUT2D eigenvalue weighted by Gasteiger charge is -2.31. The zero-order chi connectivity index (χ0) is 20.5. The third-order valence-corrected chi connectivity index (χ3v) is 4.45. The molecule has 0 atom stereocenters. The predicted molar refractivity (Wildman–Crippen MR) is 105 cm³/mol. The summed E-state index contributed by atoms with van der Waals surface area (Å²) in [5.41, 5.74) is 1.11. The molecule has 0 bridgehead atoms. The standard InChI is InChI=1S/C20H21ClN2O5/c1-20(2,3)28-19(24)22-10-9-15-13(12-22)5-4-6-17(15)27-18-11-14(21)7-8-16(18)23(25)26/h4-8,11H,9-10,12H2,1-3H3. The number of nitro benzene ring substituents is 1. The Bertz CT molecular complexity index is 923. The molecule has 148 valence electrons. The number of carbonyl (C=O) groups excluding carboxylic acids is 1. The second-order valence-corrected chi connectivity index (χ2v) is 7.95. The minimum Gasteiger partial charge on any atom is -0.450 e. The molecule has 7 nitrogen and oxygen atoms in total. The molecule has 8 heteroatoms. The minimum absolute atomic E-state index is 0.0838. The maximum Gasteiger partial charge on any atom is 0.410 e. The van der Waals surface area contributed by atoms with Crippen molar-refractivity contribution >= 4 is 23.4 Å². The number of fused-ring (bicyclic) bond motifs is 1. The van der Waals surface area contributed by atoms with Crippen LogP contribution in [0.3, 0.4) is 0 Å². The molecule has 0 N–H and O–H groups in total. The number of ether oxygens (including phenoxy) is 2. The third-order valence-electron chi connectivity index (χ3n) is 4.21. The normalized spacial score (nSPS) is 13.6. The molecule has 0 aliphatic carbocycles. The van der Waals surface area contributed by atoms with Gasteiger partial charge in [0.1, 0.15) is 11.4 Å². The Hall–Kier alpha value is -2.80. The zero-order valence-electron chi connectivity index (χ0n) is 15.9. The summed E-state index contributed by atoms with van der Waals surface area (Å²) in [6.45, 7) is 6.34. The zero-order valence-corrected chi connectivity index (χ0v) is 16.7. The van der Waals surface area contributed by atoms with E-state index in [0.29, 0.717) is 30.3 Å². The van der Waals surface area contributed by atoms with Crippen molar-refractivity contribution in [2.45, 2.75) is 39.3 Å². The summed E-state index contributed by atoms with van der Waals surface area (Å²) in [7, 11) is 0. The highest BCUT2D eigenvalue weighted by atomic mass is 35.5. The molecule has 0 unspecified atom stereocenters. The van der Waals surface area contributed by atoms with Gasteiger partial charge in [-0.05, 0) is 44.9 Å². The van der Waals surface area contributed by atoms with Crippen molar-refractivity contribution in [1.29, 1.82) is 0 Å². The second-order valence-electron chi connectivity index (χ2n) is 7.52. The van der Waals surface area contributed by atoms with Crippen LogP contribution in [0.15, 0.2) is 36.4 Å². The highest BCUT2D eigenvalue weighted by Crippen LogP contribution is 2.37. The van der Waals surface area contributed by atoms with Gasteiger partial charge in [-0.1, -0.05) is 23.7 Å². The van der Waals surface area contributed by atoms with Gasteiger partial charge in [-0.15, -0.1) is 0 Å². The molecular formula is C20H21ClN2O5. The quantitative estimate of drug-likeness (QED) is 0.509. The fourth-order valence-electron chi connectivity index (χ4n) is 2.99. The lowest BCUT2D eigenvalue weighted by molar-refractivity contribution is -0.385. The van der Waals surface area contributed by atoms with E-state index in [1.165, 1.54) is 18.2 Å². The molecular weight excluding hydrogens is 384 g/mol. The average Bonchev–Trinajstić information content (AvgIpc) is 2.60. The molecule has 3 rings (SSSR count). The van der Waals surface area contributed by atoms with Crippen LogP contribution in [0.25, 0.3) is 0 Å². The number of benzene rings is 2. The fraction of sp³-hybridized carbons (Fsp3) is 0.350. The maximum atomic E-state index is 12.3. The number of halogens is 1. The Morgan fingerprint density at radius 2 is 1.96 bits per heavy atom. The topological polar surface area (TPSA) is 81.9 Å². The van der Waals surface area contributed by atoms with Crippen LogP contribution in [-0.4, -0.2) is 28.1 Å². The summed E-state index contributed by atoms with van der Waals surface area (Å²) in [4.78, 5) is 24.7. The number of nitro groups is 1. The first-order chi connectivity index (χ1) is 13.1. The molecule has 1 aliphatic heterocycles. The molecule has 0 aromatic heterocycles. The number of amides is 1. The Morgan fingerprint density at radius 3 is 2.64 bits per heavy atom. The number of carbonyl (C=O) groups is 1. The molecule has 1 amide bonds. The van der Waals surface area contributed by atoms with Crippen molar-refractivity contribution in [3.8, 4) is 11.5 Å². The van der Waals surface area contributed by atoms with Crippen LogP contribution in [0.4, 0.5) is 10.5 Å². The van der Waals surface area contributed by atoms with Gasteiger partial charge in [-0.2, -0.15) is 0 Å². The van der Waals surface area contributed by atoms with Crippen molar-refractivity contribution in [1.82, 2.24) is 4.90 Å². The van der Waals surface area contributed by atoms with Gasteiger partial charge >= 0.3 is 11.8 Å². The number of hydrogen-bond acceptors (Lipinski definition) is 5. The van der Waals surface area contributed by atoms with Gasteiger partial charge in [0, 0.05) is 35.8 Å². The van der Waals surface area contributed by atoms with Crippen LogP contribution in [0.5, 0.6) is 11.5 Å². The highest BCUT2D eigenvalue weighted by molar-refractivity contribution is 6.30. The highest BCUT2D eigenvalue weighted by Gasteiger charge is 2.27. The largest absolute Gasteiger partial charge is 0.450 e. The summed E-state index contributed by atoms with van der Waals surface area (Å²) in [5, 5.41) is 11.6. The van der Waals surface area contributed by atoms with Crippen molar-refractivity contribution in [2.75, 3.05) is 6.54 Å². The first-order valence-corrected chi connectivity index (χ1v) is 9.22. The van der Waals surface area contributed by atoms with E-state index in [1.54, 1.807) is 17.0 Å². The smallest absolute Gasteiger partial charge is 0.410 e. The van der Waals surface area contributed by atoms with Gasteiger partial charge < -0.3 is 14.4 Å². The van der Waals surface area contributed by atoms with Crippen molar-refractivity contribution < 1.29 is 19.2 Å². The minimum atomic E-state index is -0.562. The summed E-state index contributed by atoms with van der Waals surface area (Å²) in [6.07, 6.45) is 0.189. The van der Waals surface area contributed by atoms with Crippen LogP contribution < -0.4 is 4.74 Å². The molecule has 0 saturated heterocycles. The summed E-state index contributed by atoms with van der Waals surface area (Å²) in [5.74, 6) is 0.604. The number of nitrogens with zero attached hydrogens (tertiary/aromatic N) is 2. The first kappa shape index (κ1) is 19.9. The molecule has 0 fully saturated rings. The summed E-state index contributed by atoms with van der Waals surface area (Å²) in [6, 6.07) is 9.65. The van der Waals surface area contributed by atoms with Crippen molar-refractivity contribution in [2.24, 2.45) is 0 Å². The number of rotatable bonds is 3. The molecule has 2 aromatic carbocycles. The average molecular weight is 405 g/mol. The molecule has 1 heterocycles. The lowest BCUT2D eigenvalue weighted by Crippen LogP contribution is -2.39. The van der Waals surface area contributed by atoms with E-state index >= 15 is 0 Å². The SMILES string of the molecule is CC(C)(C)OC(=O)N1CCc2c(cccc2Oc2cc(Cl)ccc2[N+](=O)[O-])C1. The van der Waals surface area contributed by atoms with Crippen LogP contribution in [0.2, 0.25) is 5.02 Å². The molecule has 28 heavy (non-hydrogen) atoms. The van der Waals surface area contributed by atoms with Gasteiger partial charge in [0.05, 0.1) is 4.92 Å². The Morgan fingerprint density at radius 1 is 1.21 bits per heavy atom. The van der Waals surface area contributed by atoms with Gasteiger partial charge in [-0.25, -0.2) is 4.79 Å². The van der Waals surface area contributed by atoms with E-state index < -0.39 is 10.5 Å². The van der Waals surface area contributed by atoms with E-state index in [4.69, 9.17) is 21.1 Å². The number of hydrogen-bond donors (Lipinski definition) is 0. The van der Waals surface area contributed by atoms with E-state index in [-0.39, 0.29) is 17.5 Å². The van der Waals surface area contributed by atoms with E-state index in [1.807, 2.05) is 26.8 Å². The summed E-state index contributed by atoms with van der Waals surface area (Å²) >= 11 is 5.98. The van der Waals surface area contributed by atoms with Gasteiger partial charge in [0.15, 0.2) is 0 Å². The first-order valence-electron chi connectivity index (χ1n) is 8.84. The third kappa shape index (κ3) is 4.54. The molecule has 0 spiro atoms. The van der Waals surface area contributed by atoms with Crippen LogP contribution in [0.1, 0.15) is 31.9 Å². The van der Waals surface area contributed by atoms with Crippen LogP contribution >= 0.6 is 11.6 Å². The van der Waals surface area contributed by atoms with Crippen molar-refractivity contribution in [3.63, 3.8) is 0 Å². The van der Waals surface area contributed by atoms with Crippen LogP contribution in [0, 0.1) is 10.1 Å². The van der Waals surface area contributed by atoms with Gasteiger partial charge in [0.25, 0.3) is 0 Å². The fourth-order valence-corrected chi connectivity index (χ4v) is 3.15. The van der Waals surface area contributed by atoms with E-state index in [9.17, 15) is 14.9 Å². The van der Waals surface area contributed by atoms with Gasteiger partial charge in [-0.3, -0.25) is 10.1 Å². The van der Waals surface area contributed by atoms with Crippen LogP contribution in [-0.2, 0) is 17.7 Å². The van der Waals surface area contributed by atoms with Gasteiger partial charge in [0.2, 0.25) is 5.75 Å². The molecule has 2 aromatic rings. The molecule has 0 saturated carbocycles. The van der Waals surface area contributed by atoms with Crippen molar-refractivity contribution in [3.05, 3.63) is 62.7 Å². The van der Waals surface area contributed by atoms with E-state index in [2.05, 4.69) is 0 Å². The van der Waals surface area contributed by atoms with E-state index in [0.717, 1.165) is 11.1 Å². The monoisotopic (exact) mass is 404 g/mol. The molecule has 0 radical (unpaired) electrons. The summed E-state index contributed by atoms with van der Waals surface area (Å²) < 4.78 is 11.3. The maximum absolute atomic E-state index is 12.3. The lowest BCUT2D eigenvalue weighted by atomic mass is 9.99. The second kappa shape index (κ2) is 7.67. The Balaban J connectivity index is 1.85. The molecule has 1 aliphatic rings. The predicted octanol–water partition coefficient (Wildman–Crippen LogP) is 5.33.